The van der Waals surface area contributed by atoms with Crippen molar-refractivity contribution < 1.29 is 4.74 Å². The summed E-state index contributed by atoms with van der Waals surface area (Å²) in [5.41, 5.74) is 1.32. The molecular formula is C20H27N5O. The standard InChI is InChI=1S/C20H27N5O/c1-3-17(15-19(4-1)26-18-5-9-21-10-6-18)16-24-11-13-25(14-12-24)20-22-7-2-8-23-20/h1-4,7-8,15,18,21H,5-6,9-14,16H2. The van der Waals surface area contributed by atoms with Crippen LogP contribution in [0.1, 0.15) is 18.4 Å². The van der Waals surface area contributed by atoms with E-state index in [4.69, 9.17) is 4.74 Å². The van der Waals surface area contributed by atoms with Gasteiger partial charge in [0.1, 0.15) is 11.9 Å². The monoisotopic (exact) mass is 353 g/mol. The smallest absolute Gasteiger partial charge is 0.225 e. The van der Waals surface area contributed by atoms with Crippen molar-refractivity contribution in [2.45, 2.75) is 25.5 Å². The molecule has 4 rings (SSSR count). The quantitative estimate of drug-likeness (QED) is 0.886. The lowest BCUT2D eigenvalue weighted by Crippen LogP contribution is -2.46. The normalized spacial score (nSPS) is 19.5. The third-order valence-electron chi connectivity index (χ3n) is 5.10. The fourth-order valence-electron chi connectivity index (χ4n) is 3.64. The molecule has 1 aromatic heterocycles. The Morgan fingerprint density at radius 2 is 1.77 bits per heavy atom. The molecule has 0 saturated carbocycles. The molecule has 26 heavy (non-hydrogen) atoms. The van der Waals surface area contributed by atoms with E-state index in [1.165, 1.54) is 5.56 Å². The van der Waals surface area contributed by atoms with Gasteiger partial charge in [0.2, 0.25) is 5.95 Å². The van der Waals surface area contributed by atoms with E-state index in [1.54, 1.807) is 0 Å². The molecule has 0 unspecified atom stereocenters. The number of hydrogen-bond acceptors (Lipinski definition) is 6. The number of rotatable bonds is 5. The van der Waals surface area contributed by atoms with Crippen molar-refractivity contribution in [1.29, 1.82) is 0 Å². The minimum Gasteiger partial charge on any atom is -0.490 e. The number of ether oxygens (including phenoxy) is 1. The van der Waals surface area contributed by atoms with Gasteiger partial charge in [-0.05, 0) is 49.7 Å². The zero-order valence-electron chi connectivity index (χ0n) is 15.2. The van der Waals surface area contributed by atoms with Crippen LogP contribution in [-0.2, 0) is 6.54 Å². The molecule has 1 aromatic carbocycles. The summed E-state index contributed by atoms with van der Waals surface area (Å²) in [4.78, 5) is 13.5. The van der Waals surface area contributed by atoms with Crippen molar-refractivity contribution in [2.24, 2.45) is 0 Å². The van der Waals surface area contributed by atoms with Gasteiger partial charge in [0.15, 0.2) is 0 Å². The van der Waals surface area contributed by atoms with Gasteiger partial charge in [-0.3, -0.25) is 4.90 Å². The average Bonchev–Trinajstić information content (AvgIpc) is 2.70. The van der Waals surface area contributed by atoms with Gasteiger partial charge in [-0.1, -0.05) is 12.1 Å². The van der Waals surface area contributed by atoms with Crippen molar-refractivity contribution in [3.8, 4) is 5.75 Å². The average molecular weight is 353 g/mol. The second-order valence-electron chi connectivity index (χ2n) is 7.03. The molecule has 3 heterocycles. The van der Waals surface area contributed by atoms with Crippen LogP contribution in [0.5, 0.6) is 5.75 Å². The molecular weight excluding hydrogens is 326 g/mol. The molecule has 1 N–H and O–H groups in total. The number of benzene rings is 1. The zero-order valence-corrected chi connectivity index (χ0v) is 15.2. The summed E-state index contributed by atoms with van der Waals surface area (Å²) in [5, 5.41) is 3.38. The third kappa shape index (κ3) is 4.51. The van der Waals surface area contributed by atoms with E-state index in [0.717, 1.165) is 70.4 Å². The highest BCUT2D eigenvalue weighted by Crippen LogP contribution is 2.20. The fraction of sp³-hybridized carbons (Fsp3) is 0.500. The maximum absolute atomic E-state index is 6.18. The number of piperazine rings is 1. The molecule has 2 aliphatic rings. The number of nitrogens with one attached hydrogen (secondary N) is 1. The second-order valence-corrected chi connectivity index (χ2v) is 7.03. The maximum Gasteiger partial charge on any atom is 0.225 e. The molecule has 0 amide bonds. The van der Waals surface area contributed by atoms with Crippen molar-refractivity contribution >= 4 is 5.95 Å². The van der Waals surface area contributed by atoms with Crippen LogP contribution in [0.15, 0.2) is 42.7 Å². The van der Waals surface area contributed by atoms with Crippen LogP contribution in [0.4, 0.5) is 5.95 Å². The van der Waals surface area contributed by atoms with Crippen molar-refractivity contribution in [3.63, 3.8) is 0 Å². The molecule has 138 valence electrons. The molecule has 0 aliphatic carbocycles. The van der Waals surface area contributed by atoms with Gasteiger partial charge in [0.05, 0.1) is 0 Å². The van der Waals surface area contributed by atoms with Crippen LogP contribution in [0.25, 0.3) is 0 Å². The van der Waals surface area contributed by atoms with E-state index in [9.17, 15) is 0 Å². The van der Waals surface area contributed by atoms with Gasteiger partial charge in [0, 0.05) is 45.1 Å². The highest BCUT2D eigenvalue weighted by molar-refractivity contribution is 5.30. The van der Waals surface area contributed by atoms with Crippen LogP contribution in [-0.4, -0.2) is 60.2 Å². The minimum absolute atomic E-state index is 0.348. The summed E-state index contributed by atoms with van der Waals surface area (Å²) in [5.74, 6) is 1.84. The first-order chi connectivity index (χ1) is 12.9. The number of aromatic nitrogens is 2. The Balaban J connectivity index is 1.30. The summed E-state index contributed by atoms with van der Waals surface area (Å²) >= 11 is 0. The Kier molecular flexibility index (Phi) is 5.62. The van der Waals surface area contributed by atoms with E-state index >= 15 is 0 Å². The summed E-state index contributed by atoms with van der Waals surface area (Å²) in [6, 6.07) is 10.4. The molecule has 2 aromatic rings. The third-order valence-corrected chi connectivity index (χ3v) is 5.10. The minimum atomic E-state index is 0.348. The highest BCUT2D eigenvalue weighted by atomic mass is 16.5. The number of piperidine rings is 1. The molecule has 6 heteroatoms. The van der Waals surface area contributed by atoms with Crippen molar-refractivity contribution in [1.82, 2.24) is 20.2 Å². The van der Waals surface area contributed by atoms with Gasteiger partial charge < -0.3 is 15.0 Å². The number of hydrogen-bond donors (Lipinski definition) is 1. The van der Waals surface area contributed by atoms with Gasteiger partial charge >= 0.3 is 0 Å². The largest absolute Gasteiger partial charge is 0.490 e. The van der Waals surface area contributed by atoms with Crippen LogP contribution < -0.4 is 15.0 Å². The highest BCUT2D eigenvalue weighted by Gasteiger charge is 2.19. The first-order valence-electron chi connectivity index (χ1n) is 9.57. The molecule has 6 nitrogen and oxygen atoms in total. The maximum atomic E-state index is 6.18. The summed E-state index contributed by atoms with van der Waals surface area (Å²) in [6.45, 7) is 7.06. The number of nitrogens with zero attached hydrogens (tertiary/aromatic N) is 4. The molecule has 2 aliphatic heterocycles. The van der Waals surface area contributed by atoms with Crippen LogP contribution in [0.2, 0.25) is 0 Å². The Bertz CT molecular complexity index is 682. The second kappa shape index (κ2) is 8.47. The lowest BCUT2D eigenvalue weighted by atomic mass is 10.1. The van der Waals surface area contributed by atoms with E-state index in [-0.39, 0.29) is 0 Å². The zero-order chi connectivity index (χ0) is 17.6. The SMILES string of the molecule is c1cnc(N2CCN(Cc3cccc(OC4CCNCC4)c3)CC2)nc1. The topological polar surface area (TPSA) is 53.5 Å². The van der Waals surface area contributed by atoms with Gasteiger partial charge in [0.25, 0.3) is 0 Å². The Hall–Kier alpha value is -2.18. The van der Waals surface area contributed by atoms with Crippen LogP contribution in [0.3, 0.4) is 0 Å². The lowest BCUT2D eigenvalue weighted by Gasteiger charge is -2.34. The summed E-state index contributed by atoms with van der Waals surface area (Å²) in [7, 11) is 0. The van der Waals surface area contributed by atoms with Crippen molar-refractivity contribution in [2.75, 3.05) is 44.2 Å². The van der Waals surface area contributed by atoms with Crippen LogP contribution >= 0.6 is 0 Å². The fourth-order valence-corrected chi connectivity index (χ4v) is 3.64. The van der Waals surface area contributed by atoms with Crippen LogP contribution in [0, 0.1) is 0 Å². The van der Waals surface area contributed by atoms with E-state index in [2.05, 4.69) is 49.4 Å². The predicted octanol–water partition coefficient (Wildman–Crippen LogP) is 1.93. The molecule has 2 saturated heterocycles. The molecule has 0 radical (unpaired) electrons. The Morgan fingerprint density at radius 1 is 1.00 bits per heavy atom. The lowest BCUT2D eigenvalue weighted by molar-refractivity contribution is 0.162. The van der Waals surface area contributed by atoms with Crippen molar-refractivity contribution in [3.05, 3.63) is 48.3 Å². The van der Waals surface area contributed by atoms with E-state index in [0.29, 0.717) is 6.10 Å². The first-order valence-corrected chi connectivity index (χ1v) is 9.57. The van der Waals surface area contributed by atoms with E-state index < -0.39 is 0 Å². The predicted molar refractivity (Wildman–Crippen MR) is 102 cm³/mol. The summed E-state index contributed by atoms with van der Waals surface area (Å²) < 4.78 is 6.18. The van der Waals surface area contributed by atoms with Gasteiger partial charge in [-0.15, -0.1) is 0 Å². The molecule has 0 bridgehead atoms. The Morgan fingerprint density at radius 3 is 2.54 bits per heavy atom. The first kappa shape index (κ1) is 17.2. The van der Waals surface area contributed by atoms with E-state index in [1.807, 2.05) is 18.5 Å². The summed E-state index contributed by atoms with van der Waals surface area (Å²) in [6.07, 6.45) is 6.15. The molecule has 0 spiro atoms. The molecule has 2 fully saturated rings. The Labute approximate surface area is 155 Å². The van der Waals surface area contributed by atoms with Gasteiger partial charge in [-0.25, -0.2) is 9.97 Å². The van der Waals surface area contributed by atoms with Gasteiger partial charge in [-0.2, -0.15) is 0 Å². The number of anilines is 1. The molecule has 0 atom stereocenters.